The number of piperidine rings is 1. The molecule has 1 saturated carbocycles. The van der Waals surface area contributed by atoms with Crippen molar-refractivity contribution in [3.8, 4) is 0 Å². The Morgan fingerprint density at radius 3 is 2.50 bits per heavy atom. The number of rotatable bonds is 3. The van der Waals surface area contributed by atoms with Crippen LogP contribution < -0.4 is 5.73 Å². The Labute approximate surface area is 140 Å². The van der Waals surface area contributed by atoms with Gasteiger partial charge in [0.25, 0.3) is 0 Å². The van der Waals surface area contributed by atoms with Crippen LogP contribution in [0.5, 0.6) is 0 Å². The van der Waals surface area contributed by atoms with Gasteiger partial charge in [-0.25, -0.2) is 4.79 Å². The van der Waals surface area contributed by atoms with Crippen LogP contribution in [-0.4, -0.2) is 51.5 Å². The molecule has 8 heteroatoms. The normalized spacial score (nSPS) is 25.2. The zero-order valence-electron chi connectivity index (χ0n) is 13.7. The summed E-state index contributed by atoms with van der Waals surface area (Å²) in [5, 5.41) is 4.12. The van der Waals surface area contributed by atoms with Crippen LogP contribution in [-0.2, 0) is 4.79 Å². The predicted molar refractivity (Wildman–Crippen MR) is 83.8 cm³/mol. The minimum absolute atomic E-state index is 0.0454. The number of hydrogen-bond acceptors (Lipinski definition) is 5. The summed E-state index contributed by atoms with van der Waals surface area (Å²) in [5.74, 6) is 1.90. The summed E-state index contributed by atoms with van der Waals surface area (Å²) >= 11 is 0. The molecule has 3 heterocycles. The number of carbonyl (C=O) groups excluding carboxylic acids is 2. The lowest BCUT2D eigenvalue weighted by atomic mass is 9.95. The molecule has 1 aromatic rings. The molecule has 2 N–H and O–H groups in total. The molecule has 3 amide bonds. The largest absolute Gasteiger partial charge is 0.351 e. The van der Waals surface area contributed by atoms with Gasteiger partial charge in [-0.1, -0.05) is 5.16 Å². The van der Waals surface area contributed by atoms with Crippen molar-refractivity contribution >= 4 is 11.9 Å². The molecule has 2 saturated heterocycles. The van der Waals surface area contributed by atoms with E-state index in [1.54, 1.807) is 4.90 Å². The van der Waals surface area contributed by atoms with Crippen molar-refractivity contribution < 1.29 is 14.1 Å². The zero-order chi connectivity index (χ0) is 16.7. The molecule has 1 aromatic heterocycles. The van der Waals surface area contributed by atoms with Gasteiger partial charge in [-0.05, 0) is 38.5 Å². The molecule has 4 rings (SSSR count). The van der Waals surface area contributed by atoms with Gasteiger partial charge < -0.3 is 20.1 Å². The quantitative estimate of drug-likeness (QED) is 0.900. The van der Waals surface area contributed by atoms with E-state index < -0.39 is 6.03 Å². The van der Waals surface area contributed by atoms with E-state index in [2.05, 4.69) is 10.1 Å². The molecule has 8 nitrogen and oxygen atoms in total. The number of nitrogens with zero attached hydrogens (tertiary/aromatic N) is 4. The molecule has 0 bridgehead atoms. The van der Waals surface area contributed by atoms with Crippen LogP contribution in [0.1, 0.15) is 62.2 Å². The lowest BCUT2D eigenvalue weighted by Crippen LogP contribution is -2.46. The van der Waals surface area contributed by atoms with Crippen molar-refractivity contribution in [3.63, 3.8) is 0 Å². The highest BCUT2D eigenvalue weighted by atomic mass is 16.5. The van der Waals surface area contributed by atoms with Crippen LogP contribution in [0.25, 0.3) is 0 Å². The first-order chi connectivity index (χ1) is 11.6. The van der Waals surface area contributed by atoms with E-state index in [9.17, 15) is 9.59 Å². The van der Waals surface area contributed by atoms with E-state index in [0.717, 1.165) is 38.1 Å². The third-order valence-electron chi connectivity index (χ3n) is 5.37. The number of primary amides is 1. The number of hydrogen-bond donors (Lipinski definition) is 1. The summed E-state index contributed by atoms with van der Waals surface area (Å²) in [6, 6.07) is -0.470. The summed E-state index contributed by atoms with van der Waals surface area (Å²) in [4.78, 5) is 32.2. The molecule has 0 unspecified atom stereocenters. The van der Waals surface area contributed by atoms with Crippen LogP contribution >= 0.6 is 0 Å². The molecule has 0 aromatic carbocycles. The molecule has 0 spiro atoms. The van der Waals surface area contributed by atoms with Gasteiger partial charge in [0.15, 0.2) is 5.82 Å². The van der Waals surface area contributed by atoms with E-state index in [0.29, 0.717) is 37.7 Å². The van der Waals surface area contributed by atoms with E-state index in [1.165, 1.54) is 0 Å². The summed E-state index contributed by atoms with van der Waals surface area (Å²) in [7, 11) is 0. The second-order valence-electron chi connectivity index (χ2n) is 7.05. The monoisotopic (exact) mass is 333 g/mol. The Hall–Kier alpha value is -2.12. The first kappa shape index (κ1) is 15.4. The molecule has 1 atom stereocenters. The second-order valence-corrected chi connectivity index (χ2v) is 7.05. The first-order valence-electron chi connectivity index (χ1n) is 8.82. The van der Waals surface area contributed by atoms with Gasteiger partial charge in [0.05, 0.1) is 6.04 Å². The molecule has 1 aliphatic carbocycles. The standard InChI is InChI=1S/C16H23N5O3/c17-16(23)20-8-5-11(6-9-20)15(22)21-7-1-2-12(21)13-18-14(24-19-13)10-3-4-10/h10-12H,1-9H2,(H2,17,23)/t12-/m0/s1. The van der Waals surface area contributed by atoms with Crippen molar-refractivity contribution in [2.24, 2.45) is 11.7 Å². The maximum absolute atomic E-state index is 12.9. The molecular formula is C16H23N5O3. The van der Waals surface area contributed by atoms with E-state index in [4.69, 9.17) is 10.3 Å². The summed E-state index contributed by atoms with van der Waals surface area (Å²) in [5.41, 5.74) is 5.31. The number of nitrogens with two attached hydrogens (primary N) is 1. The maximum atomic E-state index is 12.9. The van der Waals surface area contributed by atoms with Gasteiger partial charge in [-0.15, -0.1) is 0 Å². The maximum Gasteiger partial charge on any atom is 0.314 e. The topological polar surface area (TPSA) is 106 Å². The molecule has 24 heavy (non-hydrogen) atoms. The third-order valence-corrected chi connectivity index (χ3v) is 5.37. The number of amides is 3. The zero-order valence-corrected chi connectivity index (χ0v) is 13.7. The molecule has 3 aliphatic rings. The Kier molecular flexibility index (Phi) is 3.90. The van der Waals surface area contributed by atoms with E-state index in [-0.39, 0.29) is 17.9 Å². The lowest BCUT2D eigenvalue weighted by Gasteiger charge is -2.33. The lowest BCUT2D eigenvalue weighted by molar-refractivity contribution is -0.138. The van der Waals surface area contributed by atoms with Gasteiger partial charge in [0.1, 0.15) is 0 Å². The van der Waals surface area contributed by atoms with Gasteiger partial charge in [-0.2, -0.15) is 4.98 Å². The Morgan fingerprint density at radius 1 is 1.08 bits per heavy atom. The Balaban J connectivity index is 1.42. The fraction of sp³-hybridized carbons (Fsp3) is 0.750. The van der Waals surface area contributed by atoms with Crippen LogP contribution in [0.3, 0.4) is 0 Å². The number of likely N-dealkylation sites (tertiary alicyclic amines) is 2. The van der Waals surface area contributed by atoms with E-state index in [1.807, 2.05) is 4.90 Å². The average molecular weight is 333 g/mol. The Morgan fingerprint density at radius 2 is 1.83 bits per heavy atom. The van der Waals surface area contributed by atoms with Crippen molar-refractivity contribution in [1.29, 1.82) is 0 Å². The van der Waals surface area contributed by atoms with Gasteiger partial charge >= 0.3 is 6.03 Å². The SMILES string of the molecule is NC(=O)N1CCC(C(=O)N2CCC[C@H]2c2noc(C3CC3)n2)CC1. The second kappa shape index (κ2) is 6.07. The molecular weight excluding hydrogens is 310 g/mol. The molecule has 0 radical (unpaired) electrons. The molecule has 2 aliphatic heterocycles. The van der Waals surface area contributed by atoms with Crippen molar-refractivity contribution in [2.75, 3.05) is 19.6 Å². The van der Waals surface area contributed by atoms with Gasteiger partial charge in [0, 0.05) is 31.5 Å². The van der Waals surface area contributed by atoms with Crippen LogP contribution in [0, 0.1) is 5.92 Å². The molecule has 3 fully saturated rings. The highest BCUT2D eigenvalue weighted by Gasteiger charge is 2.39. The minimum atomic E-state index is -0.403. The van der Waals surface area contributed by atoms with E-state index >= 15 is 0 Å². The number of urea groups is 1. The first-order valence-corrected chi connectivity index (χ1v) is 8.82. The highest BCUT2D eigenvalue weighted by Crippen LogP contribution is 2.40. The predicted octanol–water partition coefficient (Wildman–Crippen LogP) is 1.40. The van der Waals surface area contributed by atoms with Crippen molar-refractivity contribution in [3.05, 3.63) is 11.7 Å². The number of aromatic nitrogens is 2. The minimum Gasteiger partial charge on any atom is -0.351 e. The Bertz CT molecular complexity index is 633. The highest BCUT2D eigenvalue weighted by molar-refractivity contribution is 5.80. The van der Waals surface area contributed by atoms with Gasteiger partial charge in [-0.3, -0.25) is 4.79 Å². The fourth-order valence-electron chi connectivity index (χ4n) is 3.76. The summed E-state index contributed by atoms with van der Waals surface area (Å²) in [6.07, 6.45) is 5.43. The van der Waals surface area contributed by atoms with Gasteiger partial charge in [0.2, 0.25) is 11.8 Å². The van der Waals surface area contributed by atoms with Crippen molar-refractivity contribution in [1.82, 2.24) is 19.9 Å². The fourth-order valence-corrected chi connectivity index (χ4v) is 3.76. The summed E-state index contributed by atoms with van der Waals surface area (Å²) < 4.78 is 5.36. The third kappa shape index (κ3) is 2.85. The average Bonchev–Trinajstić information content (AvgIpc) is 3.12. The van der Waals surface area contributed by atoms with Crippen LogP contribution in [0.15, 0.2) is 4.52 Å². The number of carbonyl (C=O) groups is 2. The molecule has 130 valence electrons. The smallest absolute Gasteiger partial charge is 0.314 e. The summed E-state index contributed by atoms with van der Waals surface area (Å²) in [6.45, 7) is 1.85. The van der Waals surface area contributed by atoms with Crippen molar-refractivity contribution in [2.45, 2.75) is 50.5 Å². The van der Waals surface area contributed by atoms with Crippen LogP contribution in [0.4, 0.5) is 4.79 Å². The van der Waals surface area contributed by atoms with Crippen LogP contribution in [0.2, 0.25) is 0 Å².